The molecule has 0 saturated carbocycles. The summed E-state index contributed by atoms with van der Waals surface area (Å²) in [6.07, 6.45) is 0. The zero-order chi connectivity index (χ0) is 9.97. The Labute approximate surface area is 85.2 Å². The Morgan fingerprint density at radius 3 is 1.50 bits per heavy atom. The van der Waals surface area contributed by atoms with Crippen molar-refractivity contribution in [1.82, 2.24) is 0 Å². The summed E-state index contributed by atoms with van der Waals surface area (Å²) in [5.41, 5.74) is 4.31. The second kappa shape index (κ2) is 3.67. The lowest BCUT2D eigenvalue weighted by atomic mass is 10.2. The van der Waals surface area contributed by atoms with Crippen molar-refractivity contribution in [1.29, 1.82) is 0 Å². The van der Waals surface area contributed by atoms with E-state index in [4.69, 9.17) is 13.8 Å². The molecular weight excluding hydrogens is 168 g/mol. The Morgan fingerprint density at radius 2 is 1.21 bits per heavy atom. The fourth-order valence-electron chi connectivity index (χ4n) is 1.29. The Morgan fingerprint density at radius 1 is 0.643 bits per heavy atom. The van der Waals surface area contributed by atoms with Crippen LogP contribution in [0.15, 0.2) is 48.5 Å². The van der Waals surface area contributed by atoms with Gasteiger partial charge in [0, 0.05) is 6.92 Å². The Kier molecular flexibility index (Phi) is 2.36. The van der Waals surface area contributed by atoms with Gasteiger partial charge < -0.3 is 0 Å². The second-order valence-corrected chi connectivity index (χ2v) is 3.18. The van der Waals surface area contributed by atoms with Gasteiger partial charge >= 0.3 is 0 Å². The number of fused-ring (bicyclic) bond motifs is 1. The van der Waals surface area contributed by atoms with E-state index in [1.165, 1.54) is 11.1 Å². The molecule has 3 rings (SSSR count). The van der Waals surface area contributed by atoms with E-state index in [0.29, 0.717) is 0 Å². The van der Waals surface area contributed by atoms with Gasteiger partial charge in [-0.3, -0.25) is 0 Å². The molecule has 0 aliphatic heterocycles. The quantitative estimate of drug-likeness (QED) is 0.494. The highest BCUT2D eigenvalue weighted by Gasteiger charge is 2.17. The van der Waals surface area contributed by atoms with Crippen molar-refractivity contribution >= 4 is 0 Å². The van der Waals surface area contributed by atoms with Gasteiger partial charge in [-0.15, -0.1) is 0 Å². The molecule has 66 valence electrons. The maximum atomic E-state index is 5.43. The van der Waals surface area contributed by atoms with Crippen molar-refractivity contribution in [3.8, 4) is 11.1 Å². The van der Waals surface area contributed by atoms with Gasteiger partial charge in [-0.2, -0.15) is 0 Å². The van der Waals surface area contributed by atoms with E-state index < -0.39 is 0 Å². The minimum atomic E-state index is 0.822. The minimum Gasteiger partial charge on any atom is -0.0622 e. The highest BCUT2D eigenvalue weighted by Crippen LogP contribution is 2.40. The fraction of sp³-hybridized carbons (Fsp3) is 0. The summed E-state index contributed by atoms with van der Waals surface area (Å²) in [7, 11) is 0. The summed E-state index contributed by atoms with van der Waals surface area (Å²) in [6.45, 7) is 10.8. The predicted octanol–water partition coefficient (Wildman–Crippen LogP) is 3.47. The Bertz CT molecular complexity index is 407. The molecular formula is C14H10. The van der Waals surface area contributed by atoms with Gasteiger partial charge in [0.2, 0.25) is 0 Å². The third-order valence-corrected chi connectivity index (χ3v) is 2.13. The number of rotatable bonds is 0. The molecule has 0 bridgehead atoms. The molecule has 14 heavy (non-hydrogen) atoms. The normalized spacial score (nSPS) is 10.1. The van der Waals surface area contributed by atoms with E-state index in [-0.39, 0.29) is 0 Å². The Hall–Kier alpha value is -1.56. The standard InChI is InChI=1S/C7H4.C7H6/c1-5-6-3-2-4-7(5)6;1-7-5-3-2-4-6-7/h1-4H;1-6H. The lowest BCUT2D eigenvalue weighted by molar-refractivity contribution is 1.62. The number of benzene rings is 2. The molecule has 0 aromatic heterocycles. The van der Waals surface area contributed by atoms with Crippen LogP contribution in [0.3, 0.4) is 0 Å². The van der Waals surface area contributed by atoms with Crippen molar-refractivity contribution in [3.63, 3.8) is 0 Å². The molecule has 0 spiro atoms. The van der Waals surface area contributed by atoms with Crippen LogP contribution < -0.4 is 0 Å². The lowest BCUT2D eigenvalue weighted by Crippen LogP contribution is -1.62. The molecule has 0 fully saturated rings. The topological polar surface area (TPSA) is 0 Å². The molecule has 0 atom stereocenters. The zero-order valence-corrected chi connectivity index (χ0v) is 7.77. The average molecular weight is 178 g/mol. The molecule has 0 N–H and O–H groups in total. The summed E-state index contributed by atoms with van der Waals surface area (Å²) >= 11 is 0. The zero-order valence-electron chi connectivity index (χ0n) is 7.77. The van der Waals surface area contributed by atoms with Gasteiger partial charge in [0.25, 0.3) is 0 Å². The van der Waals surface area contributed by atoms with Crippen molar-refractivity contribution in [2.24, 2.45) is 0 Å². The first-order valence-electron chi connectivity index (χ1n) is 4.48. The highest BCUT2D eigenvalue weighted by molar-refractivity contribution is 5.90. The molecule has 0 heterocycles. The van der Waals surface area contributed by atoms with Crippen LogP contribution in [0.25, 0.3) is 11.1 Å². The van der Waals surface area contributed by atoms with E-state index in [0.717, 1.165) is 11.1 Å². The third-order valence-electron chi connectivity index (χ3n) is 2.13. The Balaban J connectivity index is 0.000000107. The van der Waals surface area contributed by atoms with Crippen LogP contribution in [0.4, 0.5) is 0 Å². The van der Waals surface area contributed by atoms with E-state index in [9.17, 15) is 0 Å². The van der Waals surface area contributed by atoms with Gasteiger partial charge in [0.15, 0.2) is 0 Å². The van der Waals surface area contributed by atoms with Crippen molar-refractivity contribution in [2.75, 3.05) is 0 Å². The third kappa shape index (κ3) is 1.85. The van der Waals surface area contributed by atoms with Gasteiger partial charge in [0.05, 0.1) is 0 Å². The average Bonchev–Trinajstić information content (AvgIpc) is 2.68. The van der Waals surface area contributed by atoms with Gasteiger partial charge in [-0.25, -0.2) is 0 Å². The van der Waals surface area contributed by atoms with Gasteiger partial charge in [-0.05, 0) is 29.2 Å². The maximum absolute atomic E-state index is 5.43. The summed E-state index contributed by atoms with van der Waals surface area (Å²) in [5, 5.41) is 0. The molecule has 0 saturated heterocycles. The van der Waals surface area contributed by atoms with E-state index in [1.807, 2.05) is 48.5 Å². The largest absolute Gasteiger partial charge is 0.0622 e. The second-order valence-electron chi connectivity index (χ2n) is 3.18. The van der Waals surface area contributed by atoms with Crippen LogP contribution in [-0.2, 0) is 0 Å². The monoisotopic (exact) mass is 178 g/mol. The number of hydrogen-bond acceptors (Lipinski definition) is 0. The van der Waals surface area contributed by atoms with Gasteiger partial charge in [-0.1, -0.05) is 48.5 Å². The van der Waals surface area contributed by atoms with Crippen LogP contribution in [-0.4, -0.2) is 0 Å². The fourth-order valence-corrected chi connectivity index (χ4v) is 1.29. The van der Waals surface area contributed by atoms with Crippen LogP contribution in [0, 0.1) is 13.8 Å². The summed E-state index contributed by atoms with van der Waals surface area (Å²) < 4.78 is 0. The molecule has 1 aromatic rings. The molecule has 0 nitrogen and oxygen atoms in total. The SMILES string of the molecule is [CH]c1c2cccc1-2.[CH]c1ccccc1. The summed E-state index contributed by atoms with van der Waals surface area (Å²) in [6, 6.07) is 15.6. The molecule has 4 radical (unpaired) electrons. The first-order chi connectivity index (χ1) is 6.79. The van der Waals surface area contributed by atoms with E-state index in [1.54, 1.807) is 0 Å². The summed E-state index contributed by atoms with van der Waals surface area (Å²) in [4.78, 5) is 0. The van der Waals surface area contributed by atoms with Crippen molar-refractivity contribution in [3.05, 3.63) is 73.5 Å². The van der Waals surface area contributed by atoms with Crippen LogP contribution in [0.5, 0.6) is 0 Å². The lowest BCUT2D eigenvalue weighted by Gasteiger charge is -1.82. The molecule has 0 heteroatoms. The molecule has 1 aromatic carbocycles. The van der Waals surface area contributed by atoms with Crippen molar-refractivity contribution < 1.29 is 0 Å². The first-order valence-corrected chi connectivity index (χ1v) is 4.48. The van der Waals surface area contributed by atoms with Crippen LogP contribution in [0.2, 0.25) is 0 Å². The van der Waals surface area contributed by atoms with E-state index in [2.05, 4.69) is 0 Å². The summed E-state index contributed by atoms with van der Waals surface area (Å²) in [5.74, 6) is 0. The predicted molar refractivity (Wildman–Crippen MR) is 58.7 cm³/mol. The first kappa shape index (κ1) is 9.01. The van der Waals surface area contributed by atoms with Crippen LogP contribution in [0.1, 0.15) is 11.1 Å². The van der Waals surface area contributed by atoms with Crippen molar-refractivity contribution in [2.45, 2.75) is 0 Å². The molecule has 2 aliphatic carbocycles. The van der Waals surface area contributed by atoms with Crippen LogP contribution >= 0.6 is 0 Å². The van der Waals surface area contributed by atoms with E-state index >= 15 is 0 Å². The minimum absolute atomic E-state index is 0.822. The molecule has 0 unspecified atom stereocenters. The molecule has 2 aliphatic rings. The van der Waals surface area contributed by atoms with Gasteiger partial charge in [0.1, 0.15) is 0 Å². The number of hydrogen-bond donors (Lipinski definition) is 0. The smallest absolute Gasteiger partial charge is 0.000117 e. The highest BCUT2D eigenvalue weighted by atomic mass is 14.2. The molecule has 0 amide bonds. The maximum Gasteiger partial charge on any atom is 0.000117 e.